The summed E-state index contributed by atoms with van der Waals surface area (Å²) < 4.78 is 11.1. The highest BCUT2D eigenvalue weighted by molar-refractivity contribution is 4.89. The van der Waals surface area contributed by atoms with Gasteiger partial charge >= 0.3 is 0 Å². The van der Waals surface area contributed by atoms with E-state index in [9.17, 15) is 5.11 Å². The molecule has 2 aliphatic heterocycles. The molecular weight excluding hydrogens is 216 g/mol. The third-order valence-electron chi connectivity index (χ3n) is 4.23. The fraction of sp³-hybridized carbons (Fsp3) is 1.00. The lowest BCUT2D eigenvalue weighted by Crippen LogP contribution is -2.44. The van der Waals surface area contributed by atoms with Crippen LogP contribution < -0.4 is 0 Å². The van der Waals surface area contributed by atoms with E-state index in [0.717, 1.165) is 45.3 Å². The van der Waals surface area contributed by atoms with Gasteiger partial charge < -0.3 is 14.6 Å². The fourth-order valence-corrected chi connectivity index (χ4v) is 3.04. The van der Waals surface area contributed by atoms with Gasteiger partial charge in [0.2, 0.25) is 0 Å². The van der Waals surface area contributed by atoms with Crippen molar-refractivity contribution in [1.29, 1.82) is 0 Å². The van der Waals surface area contributed by atoms with Gasteiger partial charge in [-0.05, 0) is 37.5 Å². The first kappa shape index (κ1) is 13.3. The number of hydrogen-bond donors (Lipinski definition) is 1. The molecule has 2 aliphatic rings. The van der Waals surface area contributed by atoms with Crippen LogP contribution in [0.1, 0.15) is 46.0 Å². The normalized spacial score (nSPS) is 36.4. The quantitative estimate of drug-likeness (QED) is 0.825. The van der Waals surface area contributed by atoms with E-state index in [1.165, 1.54) is 0 Å². The van der Waals surface area contributed by atoms with Gasteiger partial charge in [0.1, 0.15) is 0 Å². The Hall–Kier alpha value is -0.120. The number of aliphatic hydroxyl groups is 1. The second-order valence-electron chi connectivity index (χ2n) is 6.09. The Morgan fingerprint density at radius 2 is 1.94 bits per heavy atom. The van der Waals surface area contributed by atoms with Crippen LogP contribution in [0.25, 0.3) is 0 Å². The molecule has 0 aromatic heterocycles. The topological polar surface area (TPSA) is 38.7 Å². The minimum atomic E-state index is -0.491. The Morgan fingerprint density at radius 1 is 1.24 bits per heavy atom. The van der Waals surface area contributed by atoms with Crippen LogP contribution in [-0.4, -0.2) is 36.6 Å². The number of ether oxygens (including phenoxy) is 2. The largest absolute Gasteiger partial charge is 0.390 e. The van der Waals surface area contributed by atoms with E-state index in [2.05, 4.69) is 13.8 Å². The lowest BCUT2D eigenvalue weighted by molar-refractivity contribution is -0.129. The smallest absolute Gasteiger partial charge is 0.0697 e. The zero-order valence-electron chi connectivity index (χ0n) is 11.2. The van der Waals surface area contributed by atoms with Crippen LogP contribution in [-0.2, 0) is 9.47 Å². The van der Waals surface area contributed by atoms with Gasteiger partial charge in [-0.25, -0.2) is 0 Å². The zero-order chi connectivity index (χ0) is 12.3. The summed E-state index contributed by atoms with van der Waals surface area (Å²) in [6.07, 6.45) is 4.98. The third kappa shape index (κ3) is 3.67. The van der Waals surface area contributed by atoms with Crippen LogP contribution in [0.15, 0.2) is 0 Å². The maximum absolute atomic E-state index is 10.7. The second kappa shape index (κ2) is 5.68. The maximum Gasteiger partial charge on any atom is 0.0697 e. The van der Waals surface area contributed by atoms with E-state index >= 15 is 0 Å². The summed E-state index contributed by atoms with van der Waals surface area (Å²) in [5.74, 6) is 1.14. The average molecular weight is 242 g/mol. The molecular formula is C14H26O3. The van der Waals surface area contributed by atoms with E-state index in [-0.39, 0.29) is 6.10 Å². The molecule has 3 heteroatoms. The van der Waals surface area contributed by atoms with Crippen molar-refractivity contribution in [3.63, 3.8) is 0 Å². The number of hydrogen-bond acceptors (Lipinski definition) is 3. The molecule has 2 fully saturated rings. The monoisotopic (exact) mass is 242 g/mol. The molecule has 2 atom stereocenters. The molecule has 0 saturated carbocycles. The molecule has 100 valence electrons. The SMILES string of the molecule is CC(C)C1CC(O)(CC2CCOCC2)CCO1. The van der Waals surface area contributed by atoms with Crippen LogP contribution in [0, 0.1) is 11.8 Å². The van der Waals surface area contributed by atoms with Crippen LogP contribution in [0.3, 0.4) is 0 Å². The fourth-order valence-electron chi connectivity index (χ4n) is 3.04. The van der Waals surface area contributed by atoms with Crippen molar-refractivity contribution in [1.82, 2.24) is 0 Å². The van der Waals surface area contributed by atoms with Gasteiger partial charge in [-0.15, -0.1) is 0 Å². The Morgan fingerprint density at radius 3 is 2.59 bits per heavy atom. The molecule has 0 radical (unpaired) electrons. The predicted molar refractivity (Wildman–Crippen MR) is 66.9 cm³/mol. The van der Waals surface area contributed by atoms with Gasteiger partial charge in [-0.1, -0.05) is 13.8 Å². The first-order valence-corrected chi connectivity index (χ1v) is 7.01. The summed E-state index contributed by atoms with van der Waals surface area (Å²) in [7, 11) is 0. The summed E-state index contributed by atoms with van der Waals surface area (Å²) in [5, 5.41) is 10.7. The summed E-state index contributed by atoms with van der Waals surface area (Å²) in [5.41, 5.74) is -0.491. The van der Waals surface area contributed by atoms with E-state index in [0.29, 0.717) is 18.4 Å². The Kier molecular flexibility index (Phi) is 4.45. The predicted octanol–water partition coefficient (Wildman–Crippen LogP) is 2.37. The highest BCUT2D eigenvalue weighted by Gasteiger charge is 2.38. The molecule has 2 rings (SSSR count). The Balaban J connectivity index is 1.88. The molecule has 2 saturated heterocycles. The van der Waals surface area contributed by atoms with Crippen LogP contribution in [0.2, 0.25) is 0 Å². The van der Waals surface area contributed by atoms with E-state index in [4.69, 9.17) is 9.47 Å². The lowest BCUT2D eigenvalue weighted by Gasteiger charge is -2.41. The van der Waals surface area contributed by atoms with Crippen molar-refractivity contribution in [2.75, 3.05) is 19.8 Å². The van der Waals surface area contributed by atoms with Crippen LogP contribution in [0.4, 0.5) is 0 Å². The van der Waals surface area contributed by atoms with Crippen molar-refractivity contribution in [3.8, 4) is 0 Å². The summed E-state index contributed by atoms with van der Waals surface area (Å²) in [4.78, 5) is 0. The van der Waals surface area contributed by atoms with E-state index in [1.54, 1.807) is 0 Å². The van der Waals surface area contributed by atoms with E-state index in [1.807, 2.05) is 0 Å². The highest BCUT2D eigenvalue weighted by atomic mass is 16.5. The van der Waals surface area contributed by atoms with Crippen molar-refractivity contribution < 1.29 is 14.6 Å². The Labute approximate surface area is 104 Å². The molecule has 17 heavy (non-hydrogen) atoms. The zero-order valence-corrected chi connectivity index (χ0v) is 11.2. The summed E-state index contributed by atoms with van der Waals surface area (Å²) >= 11 is 0. The molecule has 1 N–H and O–H groups in total. The van der Waals surface area contributed by atoms with Gasteiger partial charge in [0.05, 0.1) is 11.7 Å². The minimum absolute atomic E-state index is 0.230. The summed E-state index contributed by atoms with van der Waals surface area (Å²) in [6.45, 7) is 6.79. The van der Waals surface area contributed by atoms with Gasteiger partial charge in [0.25, 0.3) is 0 Å². The standard InChI is InChI=1S/C14H26O3/c1-11(2)13-10-14(15,5-8-17-13)9-12-3-6-16-7-4-12/h11-13,15H,3-10H2,1-2H3. The molecule has 0 spiro atoms. The minimum Gasteiger partial charge on any atom is -0.390 e. The molecule has 2 heterocycles. The van der Waals surface area contributed by atoms with Crippen molar-refractivity contribution >= 4 is 0 Å². The van der Waals surface area contributed by atoms with Crippen LogP contribution >= 0.6 is 0 Å². The third-order valence-corrected chi connectivity index (χ3v) is 4.23. The maximum atomic E-state index is 10.7. The van der Waals surface area contributed by atoms with Crippen molar-refractivity contribution in [2.45, 2.75) is 57.7 Å². The lowest BCUT2D eigenvalue weighted by atomic mass is 9.78. The first-order chi connectivity index (χ1) is 8.09. The van der Waals surface area contributed by atoms with Gasteiger partial charge in [0, 0.05) is 26.2 Å². The van der Waals surface area contributed by atoms with Crippen molar-refractivity contribution in [2.24, 2.45) is 11.8 Å². The number of rotatable bonds is 3. The average Bonchev–Trinajstić information content (AvgIpc) is 2.29. The summed E-state index contributed by atoms with van der Waals surface area (Å²) in [6, 6.07) is 0. The molecule has 0 amide bonds. The van der Waals surface area contributed by atoms with Crippen LogP contribution in [0.5, 0.6) is 0 Å². The van der Waals surface area contributed by atoms with Gasteiger partial charge in [0.15, 0.2) is 0 Å². The highest BCUT2D eigenvalue weighted by Crippen LogP contribution is 2.35. The Bertz CT molecular complexity index is 236. The molecule has 0 aromatic rings. The van der Waals surface area contributed by atoms with Gasteiger partial charge in [-0.3, -0.25) is 0 Å². The molecule has 3 nitrogen and oxygen atoms in total. The molecule has 0 aliphatic carbocycles. The molecule has 0 aromatic carbocycles. The molecule has 0 bridgehead atoms. The first-order valence-electron chi connectivity index (χ1n) is 7.01. The van der Waals surface area contributed by atoms with Crippen molar-refractivity contribution in [3.05, 3.63) is 0 Å². The molecule has 2 unspecified atom stereocenters. The van der Waals surface area contributed by atoms with E-state index < -0.39 is 5.60 Å². The van der Waals surface area contributed by atoms with Gasteiger partial charge in [-0.2, -0.15) is 0 Å². The second-order valence-corrected chi connectivity index (χ2v) is 6.09.